The fraction of sp³-hybridized carbons (Fsp3) is 0.0417. The third-order valence-corrected chi connectivity index (χ3v) is 5.13. The highest BCUT2D eigenvalue weighted by Gasteiger charge is 2.10. The molecule has 0 unspecified atom stereocenters. The fourth-order valence-corrected chi connectivity index (χ4v) is 3.65. The summed E-state index contributed by atoms with van der Waals surface area (Å²) < 4.78 is 0. The minimum atomic E-state index is 0.250. The Morgan fingerprint density at radius 3 is 2.00 bits per heavy atom. The van der Waals surface area contributed by atoms with Crippen LogP contribution in [0.2, 0.25) is 0 Å². The van der Waals surface area contributed by atoms with Gasteiger partial charge >= 0.3 is 0 Å². The van der Waals surface area contributed by atoms with Crippen molar-refractivity contribution >= 4 is 29.8 Å². The molecule has 0 aliphatic heterocycles. The van der Waals surface area contributed by atoms with Gasteiger partial charge < -0.3 is 17.2 Å². The molecule has 4 rings (SSSR count). The molecule has 6 nitrogen and oxygen atoms in total. The van der Waals surface area contributed by atoms with Gasteiger partial charge in [0.15, 0.2) is 0 Å². The van der Waals surface area contributed by atoms with E-state index >= 15 is 0 Å². The Labute approximate surface area is 185 Å². The van der Waals surface area contributed by atoms with Crippen LogP contribution in [-0.4, -0.2) is 17.8 Å². The lowest BCUT2D eigenvalue weighted by atomic mass is 10.0. The van der Waals surface area contributed by atoms with Crippen LogP contribution in [-0.2, 0) is 9.59 Å². The molecular formula is C24H24N4O2S. The first-order valence-electron chi connectivity index (χ1n) is 9.32. The van der Waals surface area contributed by atoms with Crippen LogP contribution in [0, 0.1) is 6.92 Å². The van der Waals surface area contributed by atoms with Crippen molar-refractivity contribution in [3.8, 4) is 33.0 Å². The molecule has 7 heteroatoms. The molecule has 2 amide bonds. The third kappa shape index (κ3) is 6.52. The number of nitrogen functional groups attached to an aromatic ring is 1. The lowest BCUT2D eigenvalue weighted by Gasteiger charge is -2.08. The maximum atomic E-state index is 8.58. The lowest BCUT2D eigenvalue weighted by molar-refractivity contribution is -0.107. The summed E-state index contributed by atoms with van der Waals surface area (Å²) in [6.07, 6.45) is 0.500. The number of rotatable bonds is 3. The van der Waals surface area contributed by atoms with Crippen LogP contribution >= 0.6 is 11.3 Å². The molecule has 0 radical (unpaired) electrons. The first-order valence-corrected chi connectivity index (χ1v) is 10.2. The Kier molecular flexibility index (Phi) is 8.94. The van der Waals surface area contributed by atoms with Crippen molar-refractivity contribution in [2.45, 2.75) is 6.92 Å². The molecule has 0 aliphatic carbocycles. The van der Waals surface area contributed by atoms with E-state index in [4.69, 9.17) is 20.3 Å². The maximum absolute atomic E-state index is 8.58. The van der Waals surface area contributed by atoms with E-state index in [1.54, 1.807) is 11.3 Å². The zero-order chi connectivity index (χ0) is 22.6. The molecule has 1 aromatic heterocycles. The summed E-state index contributed by atoms with van der Waals surface area (Å²) in [4.78, 5) is 22.0. The van der Waals surface area contributed by atoms with E-state index in [1.165, 1.54) is 5.56 Å². The van der Waals surface area contributed by atoms with E-state index in [2.05, 4.69) is 66.2 Å². The minimum Gasteiger partial charge on any atom is -0.398 e. The molecule has 6 N–H and O–H groups in total. The van der Waals surface area contributed by atoms with E-state index in [9.17, 15) is 0 Å². The SMILES string of the molecule is Cc1ccc(-c2cc(-c3nc(-c4ccccc4)cs3)ccc2N)cc1.NC=O.NC=O. The van der Waals surface area contributed by atoms with Crippen LogP contribution in [0.5, 0.6) is 0 Å². The quantitative estimate of drug-likeness (QED) is 0.331. The van der Waals surface area contributed by atoms with Gasteiger partial charge in [-0.3, -0.25) is 9.59 Å². The van der Waals surface area contributed by atoms with Gasteiger partial charge in [-0.15, -0.1) is 11.3 Å². The van der Waals surface area contributed by atoms with Crippen LogP contribution in [0.25, 0.3) is 33.0 Å². The van der Waals surface area contributed by atoms with E-state index in [-0.39, 0.29) is 12.8 Å². The zero-order valence-corrected chi connectivity index (χ0v) is 17.9. The summed E-state index contributed by atoms with van der Waals surface area (Å²) in [5.41, 5.74) is 22.0. The Hall–Kier alpha value is -3.97. The number of primary amides is 2. The first kappa shape index (κ1) is 23.3. The molecule has 158 valence electrons. The number of anilines is 1. The van der Waals surface area contributed by atoms with Crippen LogP contribution < -0.4 is 17.2 Å². The van der Waals surface area contributed by atoms with Crippen molar-refractivity contribution in [3.05, 3.63) is 83.7 Å². The number of carbonyl (C=O) groups excluding carboxylic acids is 2. The van der Waals surface area contributed by atoms with Crippen molar-refractivity contribution < 1.29 is 9.59 Å². The Bertz CT molecular complexity index is 1100. The maximum Gasteiger partial charge on any atom is 0.204 e. The van der Waals surface area contributed by atoms with E-state index < -0.39 is 0 Å². The molecule has 0 fully saturated rings. The molecule has 0 bridgehead atoms. The number of thiazole rings is 1. The average molecular weight is 433 g/mol. The van der Waals surface area contributed by atoms with Crippen molar-refractivity contribution in [1.82, 2.24) is 4.98 Å². The van der Waals surface area contributed by atoms with Crippen LogP contribution in [0.15, 0.2) is 78.2 Å². The number of hydrogen-bond donors (Lipinski definition) is 3. The van der Waals surface area contributed by atoms with Gasteiger partial charge in [0.05, 0.1) is 5.69 Å². The van der Waals surface area contributed by atoms with Crippen LogP contribution in [0.3, 0.4) is 0 Å². The van der Waals surface area contributed by atoms with E-state index in [1.807, 2.05) is 30.3 Å². The standard InChI is InChI=1S/C22H18N2S.2CH3NO/c1-15-7-9-16(10-8-15)19-13-18(11-12-20(19)23)22-24-21(14-25-22)17-5-3-2-4-6-17;2*2-1-3/h2-14H,23H2,1H3;2*1H,(H2,2,3). The van der Waals surface area contributed by atoms with Gasteiger partial charge in [-0.05, 0) is 30.7 Å². The second-order valence-electron chi connectivity index (χ2n) is 6.34. The smallest absolute Gasteiger partial charge is 0.204 e. The second-order valence-corrected chi connectivity index (χ2v) is 7.20. The molecule has 0 atom stereocenters. The summed E-state index contributed by atoms with van der Waals surface area (Å²) in [5.74, 6) is 0. The molecule has 3 aromatic carbocycles. The minimum absolute atomic E-state index is 0.250. The Balaban J connectivity index is 0.000000513. The van der Waals surface area contributed by atoms with Crippen molar-refractivity contribution in [3.63, 3.8) is 0 Å². The van der Waals surface area contributed by atoms with Crippen LogP contribution in [0.1, 0.15) is 5.56 Å². The van der Waals surface area contributed by atoms with Gasteiger partial charge in [-0.1, -0.05) is 60.2 Å². The van der Waals surface area contributed by atoms with Gasteiger partial charge in [0.2, 0.25) is 12.8 Å². The monoisotopic (exact) mass is 432 g/mol. The number of carbonyl (C=O) groups is 2. The highest BCUT2D eigenvalue weighted by atomic mass is 32.1. The Morgan fingerprint density at radius 1 is 0.806 bits per heavy atom. The molecule has 0 spiro atoms. The largest absolute Gasteiger partial charge is 0.398 e. The predicted molar refractivity (Wildman–Crippen MR) is 128 cm³/mol. The summed E-state index contributed by atoms with van der Waals surface area (Å²) in [5, 5.41) is 3.11. The summed E-state index contributed by atoms with van der Waals surface area (Å²) in [7, 11) is 0. The molecular weight excluding hydrogens is 408 g/mol. The van der Waals surface area contributed by atoms with Gasteiger partial charge in [-0.2, -0.15) is 0 Å². The first-order chi connectivity index (χ1) is 15.0. The van der Waals surface area contributed by atoms with E-state index in [0.29, 0.717) is 0 Å². The summed E-state index contributed by atoms with van der Waals surface area (Å²) >= 11 is 1.66. The highest BCUT2D eigenvalue weighted by molar-refractivity contribution is 7.13. The van der Waals surface area contributed by atoms with Gasteiger partial charge in [0, 0.05) is 27.8 Å². The van der Waals surface area contributed by atoms with Crippen molar-refractivity contribution in [1.29, 1.82) is 0 Å². The summed E-state index contributed by atoms with van der Waals surface area (Å²) in [6.45, 7) is 2.09. The predicted octanol–water partition coefficient (Wildman–Crippen LogP) is 4.24. The van der Waals surface area contributed by atoms with Crippen LogP contribution in [0.4, 0.5) is 5.69 Å². The number of hydrogen-bond acceptors (Lipinski definition) is 5. The third-order valence-electron chi connectivity index (χ3n) is 4.24. The van der Waals surface area contributed by atoms with Gasteiger partial charge in [0.25, 0.3) is 0 Å². The normalized spacial score (nSPS) is 9.45. The number of benzene rings is 3. The molecule has 0 aliphatic rings. The topological polar surface area (TPSA) is 125 Å². The molecule has 4 aromatic rings. The zero-order valence-electron chi connectivity index (χ0n) is 17.1. The number of aromatic nitrogens is 1. The summed E-state index contributed by atoms with van der Waals surface area (Å²) in [6, 6.07) is 24.8. The number of aryl methyl sites for hydroxylation is 1. The molecule has 1 heterocycles. The lowest BCUT2D eigenvalue weighted by Crippen LogP contribution is -1.91. The van der Waals surface area contributed by atoms with Crippen molar-refractivity contribution in [2.24, 2.45) is 11.5 Å². The average Bonchev–Trinajstić information content (AvgIpc) is 3.27. The molecule has 31 heavy (non-hydrogen) atoms. The highest BCUT2D eigenvalue weighted by Crippen LogP contribution is 2.34. The fourth-order valence-electron chi connectivity index (χ4n) is 2.82. The number of nitrogens with zero attached hydrogens (tertiary/aromatic N) is 1. The molecule has 0 saturated heterocycles. The molecule has 0 saturated carbocycles. The van der Waals surface area contributed by atoms with E-state index in [0.717, 1.165) is 38.6 Å². The second kappa shape index (κ2) is 11.9. The van der Waals surface area contributed by atoms with Crippen molar-refractivity contribution in [2.75, 3.05) is 5.73 Å². The van der Waals surface area contributed by atoms with Gasteiger partial charge in [-0.25, -0.2) is 4.98 Å². The van der Waals surface area contributed by atoms with Gasteiger partial charge in [0.1, 0.15) is 5.01 Å². The Morgan fingerprint density at radius 2 is 1.39 bits per heavy atom. The number of amides is 2. The number of nitrogens with two attached hydrogens (primary N) is 3.